The van der Waals surface area contributed by atoms with Gasteiger partial charge in [-0.1, -0.05) is 18.2 Å². The fourth-order valence-corrected chi connectivity index (χ4v) is 3.22. The predicted molar refractivity (Wildman–Crippen MR) is 107 cm³/mol. The number of benzene rings is 2. The zero-order chi connectivity index (χ0) is 19.5. The Morgan fingerprint density at radius 2 is 1.86 bits per heavy atom. The van der Waals surface area contributed by atoms with Crippen LogP contribution in [-0.4, -0.2) is 22.5 Å². The number of aliphatic imine (C=N–C) groups is 1. The summed E-state index contributed by atoms with van der Waals surface area (Å²) >= 11 is 0. The van der Waals surface area contributed by atoms with Crippen molar-refractivity contribution < 1.29 is 9.59 Å². The monoisotopic (exact) mass is 370 g/mol. The third-order valence-corrected chi connectivity index (χ3v) is 4.59. The number of hydrogen-bond donors (Lipinski definition) is 2. The van der Waals surface area contributed by atoms with Crippen LogP contribution in [0.4, 0.5) is 5.69 Å². The van der Waals surface area contributed by atoms with Gasteiger partial charge in [-0.05, 0) is 47.5 Å². The van der Waals surface area contributed by atoms with E-state index in [0.717, 1.165) is 28.0 Å². The molecule has 3 N–H and O–H groups in total. The van der Waals surface area contributed by atoms with E-state index < -0.39 is 5.91 Å². The van der Waals surface area contributed by atoms with Crippen molar-refractivity contribution in [2.45, 2.75) is 13.0 Å². The average Bonchev–Trinajstić information content (AvgIpc) is 3.12. The van der Waals surface area contributed by atoms with Gasteiger partial charge in [-0.25, -0.2) is 0 Å². The lowest BCUT2D eigenvalue weighted by Gasteiger charge is -2.09. The maximum absolute atomic E-state index is 12.3. The molecular formula is C22H18N4O2. The number of aromatic nitrogens is 1. The summed E-state index contributed by atoms with van der Waals surface area (Å²) in [5, 5.41) is 2.92. The molecule has 1 aliphatic heterocycles. The molecule has 2 amide bonds. The molecule has 0 radical (unpaired) electrons. The van der Waals surface area contributed by atoms with Gasteiger partial charge in [0.2, 0.25) is 11.8 Å². The van der Waals surface area contributed by atoms with Crippen molar-refractivity contribution >= 4 is 23.2 Å². The molecule has 0 aliphatic carbocycles. The van der Waals surface area contributed by atoms with E-state index in [1.807, 2.05) is 42.5 Å². The minimum absolute atomic E-state index is 0.104. The van der Waals surface area contributed by atoms with E-state index in [-0.39, 0.29) is 12.3 Å². The number of nitrogens with one attached hydrogen (secondary N) is 1. The van der Waals surface area contributed by atoms with E-state index in [1.54, 1.807) is 24.5 Å². The van der Waals surface area contributed by atoms with E-state index >= 15 is 0 Å². The second-order valence-electron chi connectivity index (χ2n) is 6.56. The van der Waals surface area contributed by atoms with Crippen LogP contribution in [0.2, 0.25) is 0 Å². The van der Waals surface area contributed by atoms with E-state index in [2.05, 4.69) is 15.3 Å². The predicted octanol–water partition coefficient (Wildman–Crippen LogP) is 2.71. The number of amides is 2. The fraction of sp³-hybridized carbons (Fsp3) is 0.0909. The molecule has 0 fully saturated rings. The number of primary amides is 1. The first kappa shape index (κ1) is 17.6. The van der Waals surface area contributed by atoms with Crippen LogP contribution >= 0.6 is 0 Å². The number of nitrogens with zero attached hydrogens (tertiary/aromatic N) is 2. The molecular weight excluding hydrogens is 352 g/mol. The van der Waals surface area contributed by atoms with Crippen LogP contribution in [0, 0.1) is 0 Å². The van der Waals surface area contributed by atoms with Crippen molar-refractivity contribution in [3.63, 3.8) is 0 Å². The molecule has 0 saturated heterocycles. The van der Waals surface area contributed by atoms with Gasteiger partial charge in [-0.3, -0.25) is 19.6 Å². The number of carbonyl (C=O) groups is 2. The SMILES string of the molecule is NC(=O)c1ccc2c(c1)C(c1cccc(NC(=O)Cc3ccncc3)c1)=NC2. The molecule has 28 heavy (non-hydrogen) atoms. The standard InChI is InChI=1S/C22H18N4O2/c23-22(28)16-4-5-17-13-25-21(19(17)12-16)15-2-1-3-18(11-15)26-20(27)10-14-6-8-24-9-7-14/h1-9,11-12H,10,13H2,(H2,23,28)(H,26,27). The van der Waals surface area contributed by atoms with Crippen LogP contribution in [0.5, 0.6) is 0 Å². The highest BCUT2D eigenvalue weighted by molar-refractivity contribution is 6.16. The topological polar surface area (TPSA) is 97.4 Å². The molecule has 6 heteroatoms. The maximum atomic E-state index is 12.3. The van der Waals surface area contributed by atoms with Crippen molar-refractivity contribution in [1.82, 2.24) is 4.98 Å². The number of carbonyl (C=O) groups excluding carboxylic acids is 2. The molecule has 0 bridgehead atoms. The average molecular weight is 370 g/mol. The van der Waals surface area contributed by atoms with Crippen LogP contribution in [-0.2, 0) is 17.8 Å². The molecule has 6 nitrogen and oxygen atoms in total. The highest BCUT2D eigenvalue weighted by Crippen LogP contribution is 2.25. The van der Waals surface area contributed by atoms with Gasteiger partial charge >= 0.3 is 0 Å². The first-order valence-corrected chi connectivity index (χ1v) is 8.87. The van der Waals surface area contributed by atoms with Crippen molar-refractivity contribution in [2.24, 2.45) is 10.7 Å². The molecule has 2 aromatic carbocycles. The number of fused-ring (bicyclic) bond motifs is 1. The Kier molecular flexibility index (Phi) is 4.68. The van der Waals surface area contributed by atoms with E-state index in [1.165, 1.54) is 0 Å². The largest absolute Gasteiger partial charge is 0.366 e. The van der Waals surface area contributed by atoms with Gasteiger partial charge < -0.3 is 11.1 Å². The van der Waals surface area contributed by atoms with Gasteiger partial charge in [-0.2, -0.15) is 0 Å². The van der Waals surface area contributed by atoms with Crippen LogP contribution in [0.25, 0.3) is 0 Å². The number of hydrogen-bond acceptors (Lipinski definition) is 4. The van der Waals surface area contributed by atoms with Crippen LogP contribution in [0.15, 0.2) is 72.0 Å². The molecule has 3 aromatic rings. The van der Waals surface area contributed by atoms with Crippen molar-refractivity contribution in [3.05, 3.63) is 94.8 Å². The minimum atomic E-state index is -0.467. The zero-order valence-corrected chi connectivity index (χ0v) is 15.1. The van der Waals surface area contributed by atoms with E-state index in [0.29, 0.717) is 17.8 Å². The Morgan fingerprint density at radius 1 is 1.04 bits per heavy atom. The number of nitrogens with two attached hydrogens (primary N) is 1. The lowest BCUT2D eigenvalue weighted by Crippen LogP contribution is -2.15. The second-order valence-corrected chi connectivity index (χ2v) is 6.56. The molecule has 0 spiro atoms. The summed E-state index contributed by atoms with van der Waals surface area (Å²) in [6.07, 6.45) is 3.61. The lowest BCUT2D eigenvalue weighted by atomic mass is 9.97. The van der Waals surface area contributed by atoms with Crippen LogP contribution in [0.1, 0.15) is 32.6 Å². The smallest absolute Gasteiger partial charge is 0.248 e. The molecule has 4 rings (SSSR count). The lowest BCUT2D eigenvalue weighted by molar-refractivity contribution is -0.115. The maximum Gasteiger partial charge on any atom is 0.248 e. The summed E-state index contributed by atoms with van der Waals surface area (Å²) in [4.78, 5) is 32.4. The summed E-state index contributed by atoms with van der Waals surface area (Å²) in [7, 11) is 0. The van der Waals surface area contributed by atoms with Crippen LogP contribution < -0.4 is 11.1 Å². The van der Waals surface area contributed by atoms with Gasteiger partial charge in [0.25, 0.3) is 0 Å². The second kappa shape index (κ2) is 7.44. The third-order valence-electron chi connectivity index (χ3n) is 4.59. The Bertz CT molecular complexity index is 1090. The summed E-state index contributed by atoms with van der Waals surface area (Å²) in [5.41, 5.74) is 11.1. The van der Waals surface area contributed by atoms with Crippen molar-refractivity contribution in [3.8, 4) is 0 Å². The quantitative estimate of drug-likeness (QED) is 0.722. The first-order chi connectivity index (χ1) is 13.6. The number of anilines is 1. The third kappa shape index (κ3) is 3.66. The Morgan fingerprint density at radius 3 is 2.64 bits per heavy atom. The van der Waals surface area contributed by atoms with Crippen LogP contribution in [0.3, 0.4) is 0 Å². The molecule has 2 heterocycles. The molecule has 0 atom stereocenters. The first-order valence-electron chi connectivity index (χ1n) is 8.87. The Hall–Kier alpha value is -3.80. The van der Waals surface area contributed by atoms with Gasteiger partial charge in [0, 0.05) is 34.8 Å². The highest BCUT2D eigenvalue weighted by atomic mass is 16.1. The number of pyridine rings is 1. The summed E-state index contributed by atoms with van der Waals surface area (Å²) in [6, 6.07) is 16.5. The van der Waals surface area contributed by atoms with Gasteiger partial charge in [0.15, 0.2) is 0 Å². The normalized spacial score (nSPS) is 12.2. The summed E-state index contributed by atoms with van der Waals surface area (Å²) in [5.74, 6) is -0.570. The summed E-state index contributed by atoms with van der Waals surface area (Å²) < 4.78 is 0. The van der Waals surface area contributed by atoms with E-state index in [9.17, 15) is 9.59 Å². The van der Waals surface area contributed by atoms with Gasteiger partial charge in [0.1, 0.15) is 0 Å². The molecule has 1 aromatic heterocycles. The molecule has 1 aliphatic rings. The highest BCUT2D eigenvalue weighted by Gasteiger charge is 2.19. The van der Waals surface area contributed by atoms with E-state index in [4.69, 9.17) is 5.73 Å². The molecule has 0 saturated carbocycles. The summed E-state index contributed by atoms with van der Waals surface area (Å²) in [6.45, 7) is 0.558. The Labute approximate surface area is 162 Å². The van der Waals surface area contributed by atoms with Crippen molar-refractivity contribution in [2.75, 3.05) is 5.32 Å². The Balaban J connectivity index is 1.55. The van der Waals surface area contributed by atoms with Gasteiger partial charge in [-0.15, -0.1) is 0 Å². The number of rotatable bonds is 5. The fourth-order valence-electron chi connectivity index (χ4n) is 3.22. The van der Waals surface area contributed by atoms with Gasteiger partial charge in [0.05, 0.1) is 18.7 Å². The minimum Gasteiger partial charge on any atom is -0.366 e. The van der Waals surface area contributed by atoms with Crippen molar-refractivity contribution in [1.29, 1.82) is 0 Å². The zero-order valence-electron chi connectivity index (χ0n) is 15.1. The molecule has 0 unspecified atom stereocenters. The molecule has 138 valence electrons.